The molecule has 6 nitrogen and oxygen atoms in total. The summed E-state index contributed by atoms with van der Waals surface area (Å²) in [6.07, 6.45) is 1.11. The number of hydrogen-bond acceptors (Lipinski definition) is 4. The van der Waals surface area contributed by atoms with Gasteiger partial charge in [0.15, 0.2) is 0 Å². The van der Waals surface area contributed by atoms with E-state index in [1.54, 1.807) is 13.0 Å². The van der Waals surface area contributed by atoms with E-state index in [4.69, 9.17) is 4.74 Å². The van der Waals surface area contributed by atoms with Gasteiger partial charge in [0.1, 0.15) is 18.4 Å². The zero-order valence-electron chi connectivity index (χ0n) is 19.5. The van der Waals surface area contributed by atoms with E-state index in [2.05, 4.69) is 26.1 Å². The van der Waals surface area contributed by atoms with E-state index < -0.39 is 16.1 Å². The normalized spacial score (nSPS) is 12.9. The molecule has 0 aliphatic heterocycles. The Balaban J connectivity index is 1.99. The quantitative estimate of drug-likeness (QED) is 0.623. The van der Waals surface area contributed by atoms with Crippen LogP contribution < -0.4 is 14.4 Å². The maximum absolute atomic E-state index is 12.7. The van der Waals surface area contributed by atoms with Gasteiger partial charge in [0.25, 0.3) is 0 Å². The van der Waals surface area contributed by atoms with Crippen LogP contribution in [0.1, 0.15) is 44.4 Å². The smallest absolute Gasteiger partial charge is 0.243 e. The molecule has 31 heavy (non-hydrogen) atoms. The predicted octanol–water partition coefficient (Wildman–Crippen LogP) is 3.95. The number of hydrogen-bond donors (Lipinski definition) is 1. The van der Waals surface area contributed by atoms with Crippen molar-refractivity contribution >= 4 is 21.6 Å². The highest BCUT2D eigenvalue weighted by molar-refractivity contribution is 7.92. The summed E-state index contributed by atoms with van der Waals surface area (Å²) in [6.45, 7) is 12.3. The summed E-state index contributed by atoms with van der Waals surface area (Å²) >= 11 is 0. The van der Waals surface area contributed by atoms with Crippen molar-refractivity contribution in [1.29, 1.82) is 0 Å². The third-order valence-electron chi connectivity index (χ3n) is 5.08. The van der Waals surface area contributed by atoms with Crippen LogP contribution in [0.15, 0.2) is 42.5 Å². The van der Waals surface area contributed by atoms with Crippen molar-refractivity contribution in [2.45, 2.75) is 53.0 Å². The van der Waals surface area contributed by atoms with E-state index in [0.717, 1.165) is 23.1 Å². The number of carbonyl (C=O) groups excluding carboxylic acids is 1. The Hall–Kier alpha value is -2.54. The number of amides is 1. The van der Waals surface area contributed by atoms with E-state index >= 15 is 0 Å². The first-order valence-electron chi connectivity index (χ1n) is 10.4. The summed E-state index contributed by atoms with van der Waals surface area (Å²) in [5.74, 6) is 0.349. The van der Waals surface area contributed by atoms with Crippen LogP contribution in [-0.2, 0) is 20.2 Å². The first kappa shape index (κ1) is 24.7. The minimum absolute atomic E-state index is 0.0732. The fourth-order valence-corrected chi connectivity index (χ4v) is 4.50. The predicted molar refractivity (Wildman–Crippen MR) is 126 cm³/mol. The Bertz CT molecular complexity index is 1010. The van der Waals surface area contributed by atoms with E-state index in [1.165, 1.54) is 9.87 Å². The lowest BCUT2D eigenvalue weighted by molar-refractivity contribution is -0.121. The Kier molecular flexibility index (Phi) is 7.76. The molecule has 1 amide bonds. The summed E-state index contributed by atoms with van der Waals surface area (Å²) < 4.78 is 31.8. The topological polar surface area (TPSA) is 75.7 Å². The Morgan fingerprint density at radius 3 is 2.26 bits per heavy atom. The molecule has 0 bridgehead atoms. The molecule has 0 fully saturated rings. The third kappa shape index (κ3) is 6.72. The Morgan fingerprint density at radius 1 is 1.10 bits per heavy atom. The van der Waals surface area contributed by atoms with Crippen molar-refractivity contribution in [2.24, 2.45) is 0 Å². The lowest BCUT2D eigenvalue weighted by atomic mass is 9.87. The zero-order valence-corrected chi connectivity index (χ0v) is 20.3. The molecule has 1 N–H and O–H groups in total. The van der Waals surface area contributed by atoms with Crippen LogP contribution in [-0.4, -0.2) is 39.8 Å². The van der Waals surface area contributed by atoms with Crippen LogP contribution in [0, 0.1) is 13.8 Å². The number of aryl methyl sites for hydroxylation is 2. The van der Waals surface area contributed by atoms with Gasteiger partial charge in [-0.25, -0.2) is 8.42 Å². The molecule has 0 aliphatic carbocycles. The number of ether oxygens (including phenoxy) is 1. The van der Waals surface area contributed by atoms with E-state index in [1.807, 2.05) is 50.2 Å². The second-order valence-electron chi connectivity index (χ2n) is 8.94. The molecule has 0 unspecified atom stereocenters. The summed E-state index contributed by atoms with van der Waals surface area (Å²) in [5.41, 5.74) is 3.52. The SMILES string of the molecule is Cc1ccc(C)c(N([C@H](C)C(=O)NCCOc2ccc(C(C)(C)C)cc2)S(C)(=O)=O)c1. The van der Waals surface area contributed by atoms with Gasteiger partial charge >= 0.3 is 0 Å². The maximum Gasteiger partial charge on any atom is 0.243 e. The average Bonchev–Trinajstić information content (AvgIpc) is 2.66. The molecular weight excluding hydrogens is 412 g/mol. The number of rotatable bonds is 8. The molecule has 1 atom stereocenters. The fraction of sp³-hybridized carbons (Fsp3) is 0.458. The summed E-state index contributed by atoms with van der Waals surface area (Å²) in [7, 11) is -3.65. The standard InChI is InChI=1S/C24H34N2O4S/c1-17-8-9-18(2)22(16-17)26(31(7,28)29)19(3)23(27)25-14-15-30-21-12-10-20(11-13-21)24(4,5)6/h8-13,16,19H,14-15H2,1-7H3,(H,25,27)/t19-/m1/s1. The lowest BCUT2D eigenvalue weighted by Gasteiger charge is -2.29. The first-order valence-corrected chi connectivity index (χ1v) is 12.2. The molecule has 2 aromatic rings. The highest BCUT2D eigenvalue weighted by Gasteiger charge is 2.30. The third-order valence-corrected chi connectivity index (χ3v) is 6.31. The van der Waals surface area contributed by atoms with Crippen LogP contribution in [0.4, 0.5) is 5.69 Å². The van der Waals surface area contributed by atoms with Gasteiger partial charge < -0.3 is 10.1 Å². The van der Waals surface area contributed by atoms with Crippen LogP contribution in [0.3, 0.4) is 0 Å². The molecule has 0 aromatic heterocycles. The van der Waals surface area contributed by atoms with Crippen molar-refractivity contribution in [3.8, 4) is 5.75 Å². The molecule has 170 valence electrons. The molecule has 0 radical (unpaired) electrons. The second kappa shape index (κ2) is 9.73. The van der Waals surface area contributed by atoms with E-state index in [-0.39, 0.29) is 24.5 Å². The van der Waals surface area contributed by atoms with Crippen molar-refractivity contribution < 1.29 is 17.9 Å². The van der Waals surface area contributed by atoms with Gasteiger partial charge in [-0.3, -0.25) is 9.10 Å². The molecule has 0 saturated heterocycles. The van der Waals surface area contributed by atoms with Gasteiger partial charge in [-0.1, -0.05) is 45.0 Å². The molecule has 0 aliphatic rings. The van der Waals surface area contributed by atoms with Gasteiger partial charge in [-0.2, -0.15) is 0 Å². The molecular formula is C24H34N2O4S. The monoisotopic (exact) mass is 446 g/mol. The highest BCUT2D eigenvalue weighted by Crippen LogP contribution is 2.26. The minimum atomic E-state index is -3.65. The molecule has 0 spiro atoms. The molecule has 2 rings (SSSR count). The average molecular weight is 447 g/mol. The van der Waals surface area contributed by atoms with Crippen molar-refractivity contribution in [2.75, 3.05) is 23.7 Å². The summed E-state index contributed by atoms with van der Waals surface area (Å²) in [5, 5.41) is 2.77. The summed E-state index contributed by atoms with van der Waals surface area (Å²) in [6, 6.07) is 12.6. The van der Waals surface area contributed by atoms with Crippen LogP contribution in [0.25, 0.3) is 0 Å². The minimum Gasteiger partial charge on any atom is -0.492 e. The molecule has 0 saturated carbocycles. The number of benzene rings is 2. The molecule has 2 aromatic carbocycles. The second-order valence-corrected chi connectivity index (χ2v) is 10.8. The molecule has 0 heterocycles. The lowest BCUT2D eigenvalue weighted by Crippen LogP contribution is -2.48. The Labute approximate surface area is 186 Å². The summed E-state index contributed by atoms with van der Waals surface area (Å²) in [4.78, 5) is 12.7. The number of carbonyl (C=O) groups is 1. The maximum atomic E-state index is 12.7. The first-order chi connectivity index (χ1) is 14.3. The van der Waals surface area contributed by atoms with Gasteiger partial charge in [-0.05, 0) is 61.1 Å². The van der Waals surface area contributed by atoms with Crippen LogP contribution >= 0.6 is 0 Å². The van der Waals surface area contributed by atoms with Gasteiger partial charge in [0.2, 0.25) is 15.9 Å². The number of sulfonamides is 1. The van der Waals surface area contributed by atoms with Crippen molar-refractivity contribution in [1.82, 2.24) is 5.32 Å². The largest absolute Gasteiger partial charge is 0.492 e. The van der Waals surface area contributed by atoms with E-state index in [9.17, 15) is 13.2 Å². The number of anilines is 1. The van der Waals surface area contributed by atoms with Crippen LogP contribution in [0.2, 0.25) is 0 Å². The van der Waals surface area contributed by atoms with Gasteiger partial charge in [-0.15, -0.1) is 0 Å². The molecule has 7 heteroatoms. The van der Waals surface area contributed by atoms with E-state index in [0.29, 0.717) is 5.69 Å². The van der Waals surface area contributed by atoms with Gasteiger partial charge in [0, 0.05) is 0 Å². The number of nitrogens with zero attached hydrogens (tertiary/aromatic N) is 1. The highest BCUT2D eigenvalue weighted by atomic mass is 32.2. The van der Waals surface area contributed by atoms with Crippen molar-refractivity contribution in [3.05, 3.63) is 59.2 Å². The van der Waals surface area contributed by atoms with Gasteiger partial charge in [0.05, 0.1) is 18.5 Å². The zero-order chi connectivity index (χ0) is 23.4. The number of nitrogens with one attached hydrogen (secondary N) is 1. The fourth-order valence-electron chi connectivity index (χ4n) is 3.28. The van der Waals surface area contributed by atoms with Crippen molar-refractivity contribution in [3.63, 3.8) is 0 Å². The van der Waals surface area contributed by atoms with Crippen LogP contribution in [0.5, 0.6) is 5.75 Å². The Morgan fingerprint density at radius 2 is 1.71 bits per heavy atom.